The van der Waals surface area contributed by atoms with Crippen molar-refractivity contribution in [3.8, 4) is 0 Å². The van der Waals surface area contributed by atoms with Crippen LogP contribution in [0.3, 0.4) is 0 Å². The molecule has 1 amide bonds. The molecule has 0 saturated heterocycles. The van der Waals surface area contributed by atoms with E-state index < -0.39 is 0 Å². The van der Waals surface area contributed by atoms with Crippen LogP contribution in [0.25, 0.3) is 0 Å². The van der Waals surface area contributed by atoms with Gasteiger partial charge >= 0.3 is 0 Å². The summed E-state index contributed by atoms with van der Waals surface area (Å²) in [5.74, 6) is -0.129. The highest BCUT2D eigenvalue weighted by Crippen LogP contribution is 2.12. The Morgan fingerprint density at radius 1 is 1.12 bits per heavy atom. The van der Waals surface area contributed by atoms with Crippen molar-refractivity contribution in [3.05, 3.63) is 59.7 Å². The van der Waals surface area contributed by atoms with E-state index >= 15 is 0 Å². The molecule has 3 nitrogen and oxygen atoms in total. The molecule has 17 heavy (non-hydrogen) atoms. The maximum atomic E-state index is 11.9. The Morgan fingerprint density at radius 3 is 2.47 bits per heavy atom. The van der Waals surface area contributed by atoms with Crippen molar-refractivity contribution in [1.82, 2.24) is 0 Å². The van der Waals surface area contributed by atoms with Crippen LogP contribution in [0.4, 0.5) is 11.4 Å². The molecule has 0 aliphatic rings. The van der Waals surface area contributed by atoms with Gasteiger partial charge in [-0.1, -0.05) is 12.1 Å². The Hall–Kier alpha value is -2.29. The molecule has 3 N–H and O–H groups in total. The van der Waals surface area contributed by atoms with Crippen molar-refractivity contribution in [2.24, 2.45) is 0 Å². The third kappa shape index (κ3) is 2.84. The van der Waals surface area contributed by atoms with E-state index in [0.717, 1.165) is 11.3 Å². The monoisotopic (exact) mass is 226 g/mol. The molecule has 0 saturated carbocycles. The number of nitrogens with one attached hydrogen (secondary N) is 1. The number of amides is 1. The smallest absolute Gasteiger partial charge is 0.255 e. The minimum atomic E-state index is -0.129. The Morgan fingerprint density at radius 2 is 1.82 bits per heavy atom. The van der Waals surface area contributed by atoms with Gasteiger partial charge in [-0.3, -0.25) is 4.79 Å². The van der Waals surface area contributed by atoms with Crippen molar-refractivity contribution in [1.29, 1.82) is 0 Å². The number of nitrogen functional groups attached to an aromatic ring is 1. The summed E-state index contributed by atoms with van der Waals surface area (Å²) >= 11 is 0. The van der Waals surface area contributed by atoms with Gasteiger partial charge in [-0.2, -0.15) is 0 Å². The minimum absolute atomic E-state index is 0.129. The van der Waals surface area contributed by atoms with Gasteiger partial charge in [-0.05, 0) is 48.9 Å². The van der Waals surface area contributed by atoms with Gasteiger partial charge in [-0.25, -0.2) is 0 Å². The Kier molecular flexibility index (Phi) is 3.10. The molecule has 0 fully saturated rings. The number of anilines is 2. The third-order valence-electron chi connectivity index (χ3n) is 2.45. The fourth-order valence-electron chi connectivity index (χ4n) is 1.56. The highest BCUT2D eigenvalue weighted by molar-refractivity contribution is 6.04. The predicted molar refractivity (Wildman–Crippen MR) is 70.0 cm³/mol. The lowest BCUT2D eigenvalue weighted by atomic mass is 10.2. The van der Waals surface area contributed by atoms with Crippen LogP contribution in [0.1, 0.15) is 15.9 Å². The van der Waals surface area contributed by atoms with Gasteiger partial charge < -0.3 is 11.1 Å². The summed E-state index contributed by atoms with van der Waals surface area (Å²) in [6.07, 6.45) is 0. The molecule has 86 valence electrons. The first-order valence-corrected chi connectivity index (χ1v) is 5.39. The zero-order valence-corrected chi connectivity index (χ0v) is 9.60. The van der Waals surface area contributed by atoms with E-state index in [4.69, 9.17) is 5.73 Å². The lowest BCUT2D eigenvalue weighted by Crippen LogP contribution is -2.11. The first-order valence-electron chi connectivity index (χ1n) is 5.39. The molecule has 0 heterocycles. The summed E-state index contributed by atoms with van der Waals surface area (Å²) in [5.41, 5.74) is 8.72. The SMILES string of the molecule is Cc1cccc(NC(=O)c2ccc(N)cc2)c1. The van der Waals surface area contributed by atoms with Crippen LogP contribution < -0.4 is 11.1 Å². The second-order valence-electron chi connectivity index (χ2n) is 3.95. The number of carbonyl (C=O) groups excluding carboxylic acids is 1. The van der Waals surface area contributed by atoms with Crippen molar-refractivity contribution in [2.75, 3.05) is 11.1 Å². The fourth-order valence-corrected chi connectivity index (χ4v) is 1.56. The number of hydrogen-bond acceptors (Lipinski definition) is 2. The first-order chi connectivity index (χ1) is 8.15. The summed E-state index contributed by atoms with van der Waals surface area (Å²) in [6.45, 7) is 1.98. The normalized spacial score (nSPS) is 9.94. The van der Waals surface area contributed by atoms with E-state index in [9.17, 15) is 4.79 Å². The number of rotatable bonds is 2. The summed E-state index contributed by atoms with van der Waals surface area (Å²) < 4.78 is 0. The molecule has 0 unspecified atom stereocenters. The Balaban J connectivity index is 2.14. The van der Waals surface area contributed by atoms with Crippen molar-refractivity contribution in [3.63, 3.8) is 0 Å². The molecule has 0 bridgehead atoms. The van der Waals surface area contributed by atoms with E-state index in [1.807, 2.05) is 31.2 Å². The molecule has 0 aliphatic heterocycles. The average molecular weight is 226 g/mol. The molecule has 0 atom stereocenters. The molecule has 0 aromatic heterocycles. The number of aryl methyl sites for hydroxylation is 1. The molecule has 3 heteroatoms. The molecule has 2 aromatic carbocycles. The number of nitrogens with two attached hydrogens (primary N) is 1. The Labute approximate surface area is 100 Å². The Bertz CT molecular complexity index is 532. The molecular formula is C14H14N2O. The first kappa shape index (κ1) is 11.2. The largest absolute Gasteiger partial charge is 0.399 e. The standard InChI is InChI=1S/C14H14N2O/c1-10-3-2-4-13(9-10)16-14(17)11-5-7-12(15)8-6-11/h2-9H,15H2,1H3,(H,16,17). The van der Waals surface area contributed by atoms with Gasteiger partial charge in [0.25, 0.3) is 5.91 Å². The van der Waals surface area contributed by atoms with Crippen molar-refractivity contribution < 1.29 is 4.79 Å². The predicted octanol–water partition coefficient (Wildman–Crippen LogP) is 2.83. The maximum Gasteiger partial charge on any atom is 0.255 e. The molecule has 2 rings (SSSR count). The maximum absolute atomic E-state index is 11.9. The molecule has 0 spiro atoms. The van der Waals surface area contributed by atoms with Gasteiger partial charge in [0.15, 0.2) is 0 Å². The van der Waals surface area contributed by atoms with E-state index in [1.54, 1.807) is 24.3 Å². The quantitative estimate of drug-likeness (QED) is 0.773. The zero-order valence-electron chi connectivity index (χ0n) is 9.60. The number of benzene rings is 2. The van der Waals surface area contributed by atoms with E-state index in [0.29, 0.717) is 11.3 Å². The van der Waals surface area contributed by atoms with Crippen LogP contribution >= 0.6 is 0 Å². The van der Waals surface area contributed by atoms with Crippen LogP contribution in [0.15, 0.2) is 48.5 Å². The summed E-state index contributed by atoms with van der Waals surface area (Å²) in [4.78, 5) is 11.9. The van der Waals surface area contributed by atoms with E-state index in [2.05, 4.69) is 5.32 Å². The van der Waals surface area contributed by atoms with Gasteiger partial charge in [0.1, 0.15) is 0 Å². The lowest BCUT2D eigenvalue weighted by Gasteiger charge is -2.06. The molecular weight excluding hydrogens is 212 g/mol. The summed E-state index contributed by atoms with van der Waals surface area (Å²) in [5, 5.41) is 2.84. The third-order valence-corrected chi connectivity index (χ3v) is 2.45. The van der Waals surface area contributed by atoms with Crippen molar-refractivity contribution in [2.45, 2.75) is 6.92 Å². The topological polar surface area (TPSA) is 55.1 Å². The highest BCUT2D eigenvalue weighted by atomic mass is 16.1. The van der Waals surface area contributed by atoms with Gasteiger partial charge in [0, 0.05) is 16.9 Å². The second-order valence-corrected chi connectivity index (χ2v) is 3.95. The average Bonchev–Trinajstić information content (AvgIpc) is 2.29. The van der Waals surface area contributed by atoms with E-state index in [1.165, 1.54) is 0 Å². The number of hydrogen-bond donors (Lipinski definition) is 2. The van der Waals surface area contributed by atoms with Crippen LogP contribution in [-0.4, -0.2) is 5.91 Å². The van der Waals surface area contributed by atoms with Crippen LogP contribution in [0.5, 0.6) is 0 Å². The molecule has 0 aliphatic carbocycles. The van der Waals surface area contributed by atoms with Crippen LogP contribution in [0, 0.1) is 6.92 Å². The number of carbonyl (C=O) groups is 1. The van der Waals surface area contributed by atoms with Gasteiger partial charge in [0.2, 0.25) is 0 Å². The van der Waals surface area contributed by atoms with E-state index in [-0.39, 0.29) is 5.91 Å². The summed E-state index contributed by atoms with van der Waals surface area (Å²) in [7, 11) is 0. The van der Waals surface area contributed by atoms with Crippen LogP contribution in [0.2, 0.25) is 0 Å². The van der Waals surface area contributed by atoms with Gasteiger partial charge in [-0.15, -0.1) is 0 Å². The minimum Gasteiger partial charge on any atom is -0.399 e. The van der Waals surface area contributed by atoms with Crippen LogP contribution in [-0.2, 0) is 0 Å². The molecule has 2 aromatic rings. The van der Waals surface area contributed by atoms with Crippen molar-refractivity contribution >= 4 is 17.3 Å². The molecule has 0 radical (unpaired) electrons. The lowest BCUT2D eigenvalue weighted by molar-refractivity contribution is 0.102. The zero-order chi connectivity index (χ0) is 12.3. The summed E-state index contributed by atoms with van der Waals surface area (Å²) in [6, 6.07) is 14.5. The van der Waals surface area contributed by atoms with Gasteiger partial charge in [0.05, 0.1) is 0 Å². The highest BCUT2D eigenvalue weighted by Gasteiger charge is 2.05. The fraction of sp³-hybridized carbons (Fsp3) is 0.0714. The second kappa shape index (κ2) is 4.70.